The second kappa shape index (κ2) is 4.25. The number of nitrogens with zero attached hydrogens (tertiary/aromatic N) is 3. The summed E-state index contributed by atoms with van der Waals surface area (Å²) in [5.41, 5.74) is 11.9. The summed E-state index contributed by atoms with van der Waals surface area (Å²) in [6.45, 7) is 8.85. The summed E-state index contributed by atoms with van der Waals surface area (Å²) in [4.78, 5) is 7.91. The van der Waals surface area contributed by atoms with Gasteiger partial charge in [-0.2, -0.15) is 0 Å². The fourth-order valence-electron chi connectivity index (χ4n) is 1.77. The number of nitrogens with two attached hydrogens (primary N) is 2. The van der Waals surface area contributed by atoms with Crippen molar-refractivity contribution >= 4 is 16.9 Å². The second-order valence-electron chi connectivity index (χ2n) is 4.59. The normalized spacial score (nSPS) is 29.3. The van der Waals surface area contributed by atoms with E-state index in [4.69, 9.17) is 23.1 Å². The lowest BCUT2D eigenvalue weighted by molar-refractivity contribution is -0.0243. The van der Waals surface area contributed by atoms with Crippen molar-refractivity contribution in [2.75, 3.05) is 6.54 Å². The van der Waals surface area contributed by atoms with Crippen LogP contribution in [-0.4, -0.2) is 39.8 Å². The van der Waals surface area contributed by atoms with Crippen LogP contribution in [0.5, 0.6) is 0 Å². The first-order valence-corrected chi connectivity index (χ1v) is 5.46. The Balaban J connectivity index is 3.01. The lowest BCUT2D eigenvalue weighted by Crippen LogP contribution is -2.68. The van der Waals surface area contributed by atoms with E-state index in [1.165, 1.54) is 0 Å². The van der Waals surface area contributed by atoms with Crippen LogP contribution in [0.25, 0.3) is 0 Å². The highest BCUT2D eigenvalue weighted by Crippen LogP contribution is 2.23. The average molecular weight is 234 g/mol. The Morgan fingerprint density at radius 1 is 1.40 bits per heavy atom. The zero-order chi connectivity index (χ0) is 11.8. The predicted octanol–water partition coefficient (Wildman–Crippen LogP) is 0.502. The molecule has 2 unspecified atom stereocenters. The molecule has 0 aromatic heterocycles. The second-order valence-corrected chi connectivity index (χ2v) is 4.93. The van der Waals surface area contributed by atoms with Crippen molar-refractivity contribution in [3.63, 3.8) is 0 Å². The molecule has 15 heavy (non-hydrogen) atoms. The molecule has 0 fully saturated rings. The van der Waals surface area contributed by atoms with E-state index in [0.717, 1.165) is 0 Å². The van der Waals surface area contributed by atoms with Crippen LogP contribution in [0.2, 0.25) is 0 Å². The Morgan fingerprint density at radius 3 is 2.33 bits per heavy atom. The zero-order valence-electron chi connectivity index (χ0n) is 9.74. The number of rotatable bonds is 1. The number of aliphatic imine (C=N–C) groups is 1. The highest BCUT2D eigenvalue weighted by Gasteiger charge is 2.38. The molecular weight excluding hydrogens is 214 g/mol. The SMILES string of the molecule is CCN1C(Cl)=NC(N)N(C(C)(C)C)C1N. The summed E-state index contributed by atoms with van der Waals surface area (Å²) in [7, 11) is 0. The Kier molecular flexibility index (Phi) is 3.60. The van der Waals surface area contributed by atoms with Gasteiger partial charge in [0.2, 0.25) is 0 Å². The van der Waals surface area contributed by atoms with Gasteiger partial charge in [0, 0.05) is 12.1 Å². The number of halogens is 1. The minimum atomic E-state index is -0.477. The fraction of sp³-hybridized carbons (Fsp3) is 0.889. The summed E-state index contributed by atoms with van der Waals surface area (Å²) in [6.07, 6.45) is -0.801. The van der Waals surface area contributed by atoms with Crippen molar-refractivity contribution < 1.29 is 0 Å². The molecule has 88 valence electrons. The van der Waals surface area contributed by atoms with Gasteiger partial charge < -0.3 is 4.90 Å². The third kappa shape index (κ3) is 2.42. The van der Waals surface area contributed by atoms with Gasteiger partial charge in [-0.05, 0) is 39.3 Å². The molecule has 1 rings (SSSR count). The van der Waals surface area contributed by atoms with E-state index in [-0.39, 0.29) is 11.8 Å². The molecule has 0 bridgehead atoms. The highest BCUT2D eigenvalue weighted by molar-refractivity contribution is 6.64. The number of amidine groups is 1. The monoisotopic (exact) mass is 233 g/mol. The Bertz CT molecular complexity index is 260. The minimum absolute atomic E-state index is 0.145. The van der Waals surface area contributed by atoms with Crippen molar-refractivity contribution in [1.82, 2.24) is 9.80 Å². The summed E-state index contributed by atoms with van der Waals surface area (Å²) in [5, 5.41) is 0.387. The van der Waals surface area contributed by atoms with Gasteiger partial charge in [0.1, 0.15) is 6.29 Å². The zero-order valence-corrected chi connectivity index (χ0v) is 10.5. The van der Waals surface area contributed by atoms with Gasteiger partial charge in [-0.25, -0.2) is 9.89 Å². The number of hydrogen-bond acceptors (Lipinski definition) is 5. The van der Waals surface area contributed by atoms with Crippen LogP contribution in [-0.2, 0) is 0 Å². The molecule has 0 aromatic carbocycles. The molecule has 6 heteroatoms. The smallest absolute Gasteiger partial charge is 0.199 e. The first-order chi connectivity index (χ1) is 6.79. The summed E-state index contributed by atoms with van der Waals surface area (Å²) < 4.78 is 0. The third-order valence-electron chi connectivity index (χ3n) is 2.48. The van der Waals surface area contributed by atoms with E-state index in [2.05, 4.69) is 25.8 Å². The molecule has 0 saturated heterocycles. The largest absolute Gasteiger partial charge is 0.319 e. The Labute approximate surface area is 96.1 Å². The molecule has 4 N–H and O–H groups in total. The van der Waals surface area contributed by atoms with Crippen molar-refractivity contribution in [2.45, 2.75) is 45.8 Å². The van der Waals surface area contributed by atoms with Gasteiger partial charge in [-0.1, -0.05) is 0 Å². The van der Waals surface area contributed by atoms with Crippen LogP contribution in [0.1, 0.15) is 27.7 Å². The van der Waals surface area contributed by atoms with Crippen LogP contribution in [0.15, 0.2) is 4.99 Å². The molecule has 0 radical (unpaired) electrons. The highest BCUT2D eigenvalue weighted by atomic mass is 35.5. The standard InChI is InChI=1S/C9H20ClN5/c1-5-14-6(10)13-7(11)15(8(14)12)9(2,3)4/h7-8H,5,11-12H2,1-4H3. The van der Waals surface area contributed by atoms with Crippen molar-refractivity contribution in [2.24, 2.45) is 16.5 Å². The van der Waals surface area contributed by atoms with Crippen LogP contribution in [0, 0.1) is 0 Å². The van der Waals surface area contributed by atoms with Crippen molar-refractivity contribution in [1.29, 1.82) is 0 Å². The maximum atomic E-state index is 6.11. The fourth-order valence-corrected chi connectivity index (χ4v) is 2.09. The summed E-state index contributed by atoms with van der Waals surface area (Å²) in [5.74, 6) is 0. The molecule has 5 nitrogen and oxygen atoms in total. The Morgan fingerprint density at radius 2 is 1.93 bits per heavy atom. The van der Waals surface area contributed by atoms with E-state index in [1.54, 1.807) is 0 Å². The maximum absolute atomic E-state index is 6.11. The quantitative estimate of drug-likeness (QED) is 0.648. The molecule has 0 spiro atoms. The van der Waals surface area contributed by atoms with Gasteiger partial charge in [-0.3, -0.25) is 11.5 Å². The topological polar surface area (TPSA) is 70.9 Å². The van der Waals surface area contributed by atoms with Gasteiger partial charge in [0.05, 0.1) is 0 Å². The molecule has 1 aliphatic heterocycles. The van der Waals surface area contributed by atoms with Crippen LogP contribution in [0.3, 0.4) is 0 Å². The molecule has 0 saturated carbocycles. The van der Waals surface area contributed by atoms with Gasteiger partial charge in [0.25, 0.3) is 0 Å². The van der Waals surface area contributed by atoms with E-state index < -0.39 is 6.29 Å². The van der Waals surface area contributed by atoms with Crippen LogP contribution < -0.4 is 11.5 Å². The molecular formula is C9H20ClN5. The maximum Gasteiger partial charge on any atom is 0.199 e. The van der Waals surface area contributed by atoms with E-state index >= 15 is 0 Å². The third-order valence-corrected chi connectivity index (χ3v) is 2.80. The first kappa shape index (κ1) is 12.7. The number of hydrogen-bond donors (Lipinski definition) is 2. The van der Waals surface area contributed by atoms with Gasteiger partial charge in [0.15, 0.2) is 11.6 Å². The van der Waals surface area contributed by atoms with Crippen LogP contribution in [0.4, 0.5) is 0 Å². The summed E-state index contributed by atoms with van der Waals surface area (Å²) >= 11 is 5.98. The molecule has 1 heterocycles. The van der Waals surface area contributed by atoms with E-state index in [0.29, 0.717) is 11.8 Å². The molecule has 0 aromatic rings. The molecule has 2 atom stereocenters. The van der Waals surface area contributed by atoms with E-state index in [9.17, 15) is 0 Å². The molecule has 0 amide bonds. The van der Waals surface area contributed by atoms with Crippen molar-refractivity contribution in [3.05, 3.63) is 0 Å². The van der Waals surface area contributed by atoms with Crippen LogP contribution >= 0.6 is 11.6 Å². The molecule has 1 aliphatic rings. The molecule has 0 aliphatic carbocycles. The summed E-state index contributed by atoms with van der Waals surface area (Å²) in [6, 6.07) is 0. The first-order valence-electron chi connectivity index (χ1n) is 5.08. The Hall–Kier alpha value is -0.360. The average Bonchev–Trinajstić information content (AvgIpc) is 2.00. The van der Waals surface area contributed by atoms with Gasteiger partial charge >= 0.3 is 0 Å². The minimum Gasteiger partial charge on any atom is -0.319 e. The lowest BCUT2D eigenvalue weighted by atomic mass is 10.1. The predicted molar refractivity (Wildman–Crippen MR) is 63.2 cm³/mol. The van der Waals surface area contributed by atoms with E-state index in [1.807, 2.05) is 16.7 Å². The lowest BCUT2D eigenvalue weighted by Gasteiger charge is -2.48. The van der Waals surface area contributed by atoms with Crippen molar-refractivity contribution in [3.8, 4) is 0 Å². The van der Waals surface area contributed by atoms with Gasteiger partial charge in [-0.15, -0.1) is 0 Å².